The summed E-state index contributed by atoms with van der Waals surface area (Å²) in [6, 6.07) is 26.9. The van der Waals surface area contributed by atoms with E-state index in [-0.39, 0.29) is 5.91 Å². The maximum atomic E-state index is 13.2. The van der Waals surface area contributed by atoms with Crippen LogP contribution in [0.3, 0.4) is 0 Å². The van der Waals surface area contributed by atoms with Crippen LogP contribution in [0.15, 0.2) is 84.9 Å². The summed E-state index contributed by atoms with van der Waals surface area (Å²) in [4.78, 5) is 19.2. The molecule has 174 valence electrons. The SMILES string of the molecule is COc1ccc(NC(=O)c2sc3nc(-c4ccccc4)cc(-c4ccc(OC)cc4)c3c2N)cc1. The summed E-state index contributed by atoms with van der Waals surface area (Å²) in [5, 5.41) is 3.69. The minimum atomic E-state index is -0.280. The predicted molar refractivity (Wildman–Crippen MR) is 142 cm³/mol. The molecule has 2 heterocycles. The fourth-order valence-corrected chi connectivity index (χ4v) is 4.92. The molecule has 0 bridgehead atoms. The Morgan fingerprint density at radius 3 is 2.11 bits per heavy atom. The van der Waals surface area contributed by atoms with Gasteiger partial charge in [-0.25, -0.2) is 4.98 Å². The smallest absolute Gasteiger partial charge is 0.267 e. The highest BCUT2D eigenvalue weighted by molar-refractivity contribution is 7.21. The van der Waals surface area contributed by atoms with E-state index in [1.165, 1.54) is 11.3 Å². The summed E-state index contributed by atoms with van der Waals surface area (Å²) in [7, 11) is 3.24. The van der Waals surface area contributed by atoms with Crippen molar-refractivity contribution in [3.05, 3.63) is 89.8 Å². The number of hydrogen-bond acceptors (Lipinski definition) is 6. The van der Waals surface area contributed by atoms with Crippen LogP contribution < -0.4 is 20.5 Å². The summed E-state index contributed by atoms with van der Waals surface area (Å²) < 4.78 is 10.5. The number of nitrogens with one attached hydrogen (secondary N) is 1. The van der Waals surface area contributed by atoms with E-state index in [1.54, 1.807) is 38.5 Å². The van der Waals surface area contributed by atoms with Gasteiger partial charge in [0.1, 0.15) is 21.2 Å². The molecule has 0 aliphatic heterocycles. The van der Waals surface area contributed by atoms with Crippen LogP contribution in [0.4, 0.5) is 11.4 Å². The van der Waals surface area contributed by atoms with Crippen molar-refractivity contribution < 1.29 is 14.3 Å². The molecule has 0 aliphatic rings. The standard InChI is InChI=1S/C28H23N3O3S/c1-33-20-12-8-17(9-13-20)22-16-23(18-6-4-3-5-7-18)31-28-24(22)25(29)26(35-28)27(32)30-19-10-14-21(34-2)15-11-19/h3-16H,29H2,1-2H3,(H,30,32). The number of rotatable bonds is 6. The number of methoxy groups -OCH3 is 2. The molecule has 3 aromatic carbocycles. The first kappa shape index (κ1) is 22.4. The van der Waals surface area contributed by atoms with E-state index in [9.17, 15) is 4.79 Å². The Kier molecular flexibility index (Phi) is 6.08. The summed E-state index contributed by atoms with van der Waals surface area (Å²) in [6.07, 6.45) is 0. The third-order valence-electron chi connectivity index (χ3n) is 5.72. The number of amides is 1. The largest absolute Gasteiger partial charge is 0.497 e. The Hall–Kier alpha value is -4.36. The van der Waals surface area contributed by atoms with E-state index in [2.05, 4.69) is 5.32 Å². The second-order valence-electron chi connectivity index (χ2n) is 7.86. The topological polar surface area (TPSA) is 86.5 Å². The fraction of sp³-hybridized carbons (Fsp3) is 0.0714. The number of carbonyl (C=O) groups is 1. The Morgan fingerprint density at radius 1 is 0.857 bits per heavy atom. The first-order valence-electron chi connectivity index (χ1n) is 11.0. The molecule has 6 nitrogen and oxygen atoms in total. The lowest BCUT2D eigenvalue weighted by Crippen LogP contribution is -2.11. The molecule has 35 heavy (non-hydrogen) atoms. The number of aromatic nitrogens is 1. The van der Waals surface area contributed by atoms with Crippen molar-refractivity contribution in [1.29, 1.82) is 0 Å². The van der Waals surface area contributed by atoms with Crippen LogP contribution in [-0.2, 0) is 0 Å². The van der Waals surface area contributed by atoms with Crippen molar-refractivity contribution in [3.63, 3.8) is 0 Å². The highest BCUT2D eigenvalue weighted by Crippen LogP contribution is 2.41. The molecule has 0 radical (unpaired) electrons. The van der Waals surface area contributed by atoms with Gasteiger partial charge in [0.15, 0.2) is 0 Å². The van der Waals surface area contributed by atoms with Crippen LogP contribution >= 0.6 is 11.3 Å². The zero-order valence-corrected chi connectivity index (χ0v) is 20.1. The third kappa shape index (κ3) is 4.41. The first-order valence-corrected chi connectivity index (χ1v) is 11.8. The second kappa shape index (κ2) is 9.48. The minimum Gasteiger partial charge on any atom is -0.497 e. The van der Waals surface area contributed by atoms with Gasteiger partial charge in [-0.2, -0.15) is 0 Å². The first-order chi connectivity index (χ1) is 17.1. The van der Waals surface area contributed by atoms with Crippen LogP contribution in [0.2, 0.25) is 0 Å². The molecule has 5 rings (SSSR count). The van der Waals surface area contributed by atoms with Crippen molar-refractivity contribution in [3.8, 4) is 33.9 Å². The van der Waals surface area contributed by atoms with Gasteiger partial charge in [0, 0.05) is 16.6 Å². The van der Waals surface area contributed by atoms with Crippen molar-refractivity contribution in [2.75, 3.05) is 25.3 Å². The summed E-state index contributed by atoms with van der Waals surface area (Å²) in [5.74, 6) is 1.20. The quantitative estimate of drug-likeness (QED) is 0.290. The van der Waals surface area contributed by atoms with E-state index in [1.807, 2.05) is 60.7 Å². The van der Waals surface area contributed by atoms with Gasteiger partial charge in [-0.3, -0.25) is 4.79 Å². The molecule has 3 N–H and O–H groups in total. The highest BCUT2D eigenvalue weighted by atomic mass is 32.1. The molecule has 2 aromatic heterocycles. The number of pyridine rings is 1. The third-order valence-corrected chi connectivity index (χ3v) is 6.82. The Morgan fingerprint density at radius 2 is 1.49 bits per heavy atom. The fourth-order valence-electron chi connectivity index (χ4n) is 3.91. The summed E-state index contributed by atoms with van der Waals surface area (Å²) in [5.41, 5.74) is 11.3. The van der Waals surface area contributed by atoms with E-state index >= 15 is 0 Å². The monoisotopic (exact) mass is 481 g/mol. The second-order valence-corrected chi connectivity index (χ2v) is 8.86. The van der Waals surface area contributed by atoms with Gasteiger partial charge in [-0.05, 0) is 53.6 Å². The molecule has 0 unspecified atom stereocenters. The summed E-state index contributed by atoms with van der Waals surface area (Å²) >= 11 is 1.29. The number of hydrogen-bond donors (Lipinski definition) is 2. The van der Waals surface area contributed by atoms with E-state index in [0.29, 0.717) is 26.8 Å². The lowest BCUT2D eigenvalue weighted by molar-refractivity contribution is 0.103. The number of ether oxygens (including phenoxy) is 2. The lowest BCUT2D eigenvalue weighted by atomic mass is 9.99. The Balaban J connectivity index is 1.62. The van der Waals surface area contributed by atoms with Crippen molar-refractivity contribution >= 4 is 38.8 Å². The van der Waals surface area contributed by atoms with Gasteiger partial charge in [0.05, 0.1) is 25.6 Å². The van der Waals surface area contributed by atoms with E-state index < -0.39 is 0 Å². The molecule has 0 saturated carbocycles. The molecule has 0 aliphatic carbocycles. The van der Waals surface area contributed by atoms with E-state index in [0.717, 1.165) is 33.5 Å². The molecular formula is C28H23N3O3S. The van der Waals surface area contributed by atoms with Crippen LogP contribution in [0.5, 0.6) is 11.5 Å². The molecule has 7 heteroatoms. The Labute approximate surface area is 207 Å². The molecule has 0 atom stereocenters. The predicted octanol–water partition coefficient (Wildman–Crippen LogP) is 6.48. The van der Waals surface area contributed by atoms with Gasteiger partial charge in [0.25, 0.3) is 5.91 Å². The number of anilines is 2. The molecule has 5 aromatic rings. The number of fused-ring (bicyclic) bond motifs is 1. The number of nitrogen functional groups attached to an aromatic ring is 1. The van der Waals surface area contributed by atoms with Gasteiger partial charge < -0.3 is 20.5 Å². The zero-order valence-electron chi connectivity index (χ0n) is 19.2. The average molecular weight is 482 g/mol. The van der Waals surface area contributed by atoms with Gasteiger partial charge in [0.2, 0.25) is 0 Å². The normalized spacial score (nSPS) is 10.8. The average Bonchev–Trinajstić information content (AvgIpc) is 3.25. The number of carbonyl (C=O) groups excluding carboxylic acids is 1. The Bertz CT molecular complexity index is 1500. The molecule has 0 saturated heterocycles. The lowest BCUT2D eigenvalue weighted by Gasteiger charge is -2.10. The van der Waals surface area contributed by atoms with Crippen LogP contribution in [0.1, 0.15) is 9.67 Å². The number of thiophene rings is 1. The zero-order chi connectivity index (χ0) is 24.4. The molecular weight excluding hydrogens is 458 g/mol. The maximum Gasteiger partial charge on any atom is 0.267 e. The maximum absolute atomic E-state index is 13.2. The van der Waals surface area contributed by atoms with Crippen molar-refractivity contribution in [2.45, 2.75) is 0 Å². The molecule has 1 amide bonds. The van der Waals surface area contributed by atoms with Crippen LogP contribution in [0.25, 0.3) is 32.6 Å². The number of nitrogens with zero attached hydrogens (tertiary/aromatic N) is 1. The number of benzene rings is 3. The van der Waals surface area contributed by atoms with Crippen molar-refractivity contribution in [1.82, 2.24) is 4.98 Å². The molecule has 0 fully saturated rings. The molecule has 0 spiro atoms. The van der Waals surface area contributed by atoms with Gasteiger partial charge in [-0.15, -0.1) is 11.3 Å². The minimum absolute atomic E-state index is 0.280. The number of nitrogens with two attached hydrogens (primary N) is 1. The van der Waals surface area contributed by atoms with Crippen LogP contribution in [0, 0.1) is 0 Å². The van der Waals surface area contributed by atoms with E-state index in [4.69, 9.17) is 20.2 Å². The van der Waals surface area contributed by atoms with Gasteiger partial charge >= 0.3 is 0 Å². The van der Waals surface area contributed by atoms with Gasteiger partial charge in [-0.1, -0.05) is 42.5 Å². The van der Waals surface area contributed by atoms with Crippen molar-refractivity contribution in [2.24, 2.45) is 0 Å². The summed E-state index contributed by atoms with van der Waals surface area (Å²) in [6.45, 7) is 0. The highest BCUT2D eigenvalue weighted by Gasteiger charge is 2.22. The van der Waals surface area contributed by atoms with Crippen LogP contribution in [-0.4, -0.2) is 25.1 Å².